The second-order valence-corrected chi connectivity index (χ2v) is 7.21. The van der Waals surface area contributed by atoms with Gasteiger partial charge in [-0.05, 0) is 42.8 Å². The van der Waals surface area contributed by atoms with Crippen LogP contribution in [-0.2, 0) is 0 Å². The number of nitrogens with zero attached hydrogens (tertiary/aromatic N) is 1. The highest BCUT2D eigenvalue weighted by Crippen LogP contribution is 2.33. The van der Waals surface area contributed by atoms with E-state index in [2.05, 4.69) is 78.2 Å². The Hall–Kier alpha value is -3.07. The van der Waals surface area contributed by atoms with E-state index in [9.17, 15) is 0 Å². The van der Waals surface area contributed by atoms with E-state index in [0.717, 1.165) is 39.7 Å². The first-order valence-corrected chi connectivity index (χ1v) is 10.2. The average Bonchev–Trinajstić information content (AvgIpc) is 2.74. The van der Waals surface area contributed by atoms with Crippen LogP contribution in [0.1, 0.15) is 32.6 Å². The van der Waals surface area contributed by atoms with Gasteiger partial charge in [0.05, 0.1) is 16.7 Å². The van der Waals surface area contributed by atoms with Crippen molar-refractivity contribution in [2.75, 3.05) is 17.2 Å². The van der Waals surface area contributed by atoms with Crippen molar-refractivity contribution >= 4 is 38.9 Å². The van der Waals surface area contributed by atoms with Crippen LogP contribution >= 0.6 is 0 Å². The Morgan fingerprint density at radius 1 is 0.679 bits per heavy atom. The van der Waals surface area contributed by atoms with E-state index in [1.807, 2.05) is 12.1 Å². The number of anilines is 3. The topological polar surface area (TPSA) is 37.0 Å². The van der Waals surface area contributed by atoms with Crippen molar-refractivity contribution in [1.29, 1.82) is 0 Å². The predicted octanol–water partition coefficient (Wildman–Crippen LogP) is 7.12. The maximum absolute atomic E-state index is 4.80. The summed E-state index contributed by atoms with van der Waals surface area (Å²) in [5.74, 6) is 0. The fourth-order valence-electron chi connectivity index (χ4n) is 3.57. The maximum Gasteiger partial charge on any atom is 0.0730 e. The van der Waals surface area contributed by atoms with Gasteiger partial charge in [-0.3, -0.25) is 0 Å². The molecule has 0 unspecified atom stereocenters. The molecule has 3 nitrogen and oxygen atoms in total. The van der Waals surface area contributed by atoms with E-state index in [1.54, 1.807) is 0 Å². The first-order valence-electron chi connectivity index (χ1n) is 10.2. The van der Waals surface area contributed by atoms with Crippen LogP contribution in [0.25, 0.3) is 21.8 Å². The van der Waals surface area contributed by atoms with E-state index >= 15 is 0 Å². The molecule has 0 aliphatic carbocycles. The molecule has 0 fully saturated rings. The molecule has 142 valence electrons. The van der Waals surface area contributed by atoms with Gasteiger partial charge in [0.15, 0.2) is 0 Å². The van der Waals surface area contributed by atoms with Gasteiger partial charge in [0.25, 0.3) is 0 Å². The molecule has 4 aromatic rings. The number of hydrogen-bond acceptors (Lipinski definition) is 3. The third-order valence-corrected chi connectivity index (χ3v) is 5.10. The molecular weight excluding hydrogens is 342 g/mol. The number of benzene rings is 3. The molecule has 0 spiro atoms. The minimum atomic E-state index is 1.01. The van der Waals surface area contributed by atoms with E-state index in [1.165, 1.54) is 31.4 Å². The first-order chi connectivity index (χ1) is 13.8. The molecule has 0 aliphatic rings. The minimum absolute atomic E-state index is 1.01. The SMILES string of the molecule is CCCCCCNc1ccc(Nc2c3ccccc3nc3ccccc23)cc1. The lowest BCUT2D eigenvalue weighted by Gasteiger charge is -2.14. The van der Waals surface area contributed by atoms with Crippen LogP contribution in [0.4, 0.5) is 17.1 Å². The van der Waals surface area contributed by atoms with Gasteiger partial charge in [0, 0.05) is 28.7 Å². The minimum Gasteiger partial charge on any atom is -0.385 e. The van der Waals surface area contributed by atoms with Crippen LogP contribution < -0.4 is 10.6 Å². The quantitative estimate of drug-likeness (QED) is 0.256. The van der Waals surface area contributed by atoms with Gasteiger partial charge in [-0.1, -0.05) is 62.6 Å². The average molecular weight is 370 g/mol. The van der Waals surface area contributed by atoms with E-state index in [-0.39, 0.29) is 0 Å². The predicted molar refractivity (Wildman–Crippen MR) is 122 cm³/mol. The van der Waals surface area contributed by atoms with Crippen LogP contribution in [0, 0.1) is 0 Å². The number of unbranched alkanes of at least 4 members (excludes halogenated alkanes) is 3. The van der Waals surface area contributed by atoms with Crippen molar-refractivity contribution in [2.45, 2.75) is 32.6 Å². The molecule has 0 saturated carbocycles. The van der Waals surface area contributed by atoms with Crippen molar-refractivity contribution in [3.05, 3.63) is 72.8 Å². The zero-order chi connectivity index (χ0) is 19.2. The summed E-state index contributed by atoms with van der Waals surface area (Å²) >= 11 is 0. The van der Waals surface area contributed by atoms with Gasteiger partial charge in [-0.2, -0.15) is 0 Å². The highest BCUT2D eigenvalue weighted by molar-refractivity contribution is 6.08. The third kappa shape index (κ3) is 4.09. The summed E-state index contributed by atoms with van der Waals surface area (Å²) in [6.07, 6.45) is 5.12. The monoisotopic (exact) mass is 369 g/mol. The van der Waals surface area contributed by atoms with E-state index in [4.69, 9.17) is 4.98 Å². The smallest absolute Gasteiger partial charge is 0.0730 e. The molecule has 0 amide bonds. The number of para-hydroxylation sites is 2. The van der Waals surface area contributed by atoms with Crippen molar-refractivity contribution in [3.63, 3.8) is 0 Å². The zero-order valence-electron chi connectivity index (χ0n) is 16.4. The summed E-state index contributed by atoms with van der Waals surface area (Å²) in [4.78, 5) is 4.80. The lowest BCUT2D eigenvalue weighted by atomic mass is 10.1. The standard InChI is InChI=1S/C25H27N3/c1-2-3-4-9-18-26-19-14-16-20(17-15-19)27-25-21-10-5-7-12-23(21)28-24-13-8-6-11-22(24)25/h5-8,10-17,26H,2-4,9,18H2,1H3,(H,27,28). The molecule has 2 N–H and O–H groups in total. The normalized spacial score (nSPS) is 11.0. The van der Waals surface area contributed by atoms with Gasteiger partial charge in [0.2, 0.25) is 0 Å². The van der Waals surface area contributed by atoms with E-state index in [0.29, 0.717) is 0 Å². The molecule has 3 aromatic carbocycles. The summed E-state index contributed by atoms with van der Waals surface area (Å²) in [6.45, 7) is 3.28. The second-order valence-electron chi connectivity index (χ2n) is 7.21. The summed E-state index contributed by atoms with van der Waals surface area (Å²) in [5, 5.41) is 9.43. The number of hydrogen-bond donors (Lipinski definition) is 2. The second kappa shape index (κ2) is 8.75. The molecule has 4 rings (SSSR count). The van der Waals surface area contributed by atoms with Gasteiger partial charge >= 0.3 is 0 Å². The van der Waals surface area contributed by atoms with Gasteiger partial charge in [0.1, 0.15) is 0 Å². The molecule has 0 saturated heterocycles. The summed E-state index contributed by atoms with van der Waals surface area (Å²) in [6, 6.07) is 25.2. The number of aromatic nitrogens is 1. The van der Waals surface area contributed by atoms with Crippen molar-refractivity contribution < 1.29 is 0 Å². The molecule has 28 heavy (non-hydrogen) atoms. The molecule has 1 aromatic heterocycles. The van der Waals surface area contributed by atoms with Gasteiger partial charge in [-0.15, -0.1) is 0 Å². The van der Waals surface area contributed by atoms with Crippen LogP contribution in [0.15, 0.2) is 72.8 Å². The zero-order valence-corrected chi connectivity index (χ0v) is 16.4. The fraction of sp³-hybridized carbons (Fsp3) is 0.240. The summed E-state index contributed by atoms with van der Waals surface area (Å²) < 4.78 is 0. The molecule has 0 bridgehead atoms. The van der Waals surface area contributed by atoms with Gasteiger partial charge in [-0.25, -0.2) is 4.98 Å². The summed E-state index contributed by atoms with van der Waals surface area (Å²) in [7, 11) is 0. The maximum atomic E-state index is 4.80. The molecule has 0 aliphatic heterocycles. The Balaban J connectivity index is 1.56. The Labute approximate surface area is 166 Å². The molecule has 1 heterocycles. The fourth-order valence-corrected chi connectivity index (χ4v) is 3.57. The van der Waals surface area contributed by atoms with Gasteiger partial charge < -0.3 is 10.6 Å². The Morgan fingerprint density at radius 2 is 1.29 bits per heavy atom. The molecule has 0 atom stereocenters. The summed E-state index contributed by atoms with van der Waals surface area (Å²) in [5.41, 5.74) is 5.38. The van der Waals surface area contributed by atoms with Crippen molar-refractivity contribution in [1.82, 2.24) is 4.98 Å². The lowest BCUT2D eigenvalue weighted by molar-refractivity contribution is 0.685. The highest BCUT2D eigenvalue weighted by atomic mass is 14.9. The third-order valence-electron chi connectivity index (χ3n) is 5.10. The Kier molecular flexibility index (Phi) is 5.72. The van der Waals surface area contributed by atoms with Crippen LogP contribution in [0.2, 0.25) is 0 Å². The highest BCUT2D eigenvalue weighted by Gasteiger charge is 2.08. The number of rotatable bonds is 8. The lowest BCUT2D eigenvalue weighted by Crippen LogP contribution is -2.01. The van der Waals surface area contributed by atoms with Crippen LogP contribution in [0.3, 0.4) is 0 Å². The Morgan fingerprint density at radius 3 is 1.93 bits per heavy atom. The molecule has 3 heteroatoms. The number of pyridine rings is 1. The van der Waals surface area contributed by atoms with E-state index < -0.39 is 0 Å². The molecular formula is C25H27N3. The number of nitrogens with one attached hydrogen (secondary N) is 2. The van der Waals surface area contributed by atoms with Crippen LogP contribution in [-0.4, -0.2) is 11.5 Å². The Bertz CT molecular complexity index is 1000. The first kappa shape index (κ1) is 18.3. The number of fused-ring (bicyclic) bond motifs is 2. The van der Waals surface area contributed by atoms with Crippen molar-refractivity contribution in [3.8, 4) is 0 Å². The van der Waals surface area contributed by atoms with Crippen molar-refractivity contribution in [2.24, 2.45) is 0 Å². The van der Waals surface area contributed by atoms with Crippen LogP contribution in [0.5, 0.6) is 0 Å². The molecule has 0 radical (unpaired) electrons. The largest absolute Gasteiger partial charge is 0.385 e.